The Hall–Kier alpha value is -1.34. The molecule has 3 heteroatoms. The monoisotopic (exact) mass is 289 g/mol. The molecule has 0 N–H and O–H groups in total. The van der Waals surface area contributed by atoms with Gasteiger partial charge in [0, 0.05) is 24.9 Å². The lowest BCUT2D eigenvalue weighted by Crippen LogP contribution is -2.26. The van der Waals surface area contributed by atoms with E-state index in [2.05, 4.69) is 35.7 Å². The highest BCUT2D eigenvalue weighted by Gasteiger charge is 2.13. The second kappa shape index (κ2) is 11.3. The van der Waals surface area contributed by atoms with Crippen molar-refractivity contribution < 1.29 is 4.79 Å². The molecule has 0 fully saturated rings. The molecular weight excluding hydrogens is 258 g/mol. The van der Waals surface area contributed by atoms with E-state index in [-0.39, 0.29) is 0 Å². The molecule has 1 aliphatic rings. The van der Waals surface area contributed by atoms with Gasteiger partial charge in [0.05, 0.1) is 6.42 Å². The van der Waals surface area contributed by atoms with E-state index in [0.717, 1.165) is 25.2 Å². The van der Waals surface area contributed by atoms with E-state index in [1.807, 2.05) is 6.08 Å². The van der Waals surface area contributed by atoms with Gasteiger partial charge in [-0.25, -0.2) is 0 Å². The normalized spacial score (nSPS) is 14.0. The summed E-state index contributed by atoms with van der Waals surface area (Å²) in [5.41, 5.74) is 10.9. The summed E-state index contributed by atoms with van der Waals surface area (Å²) in [5, 5.41) is 0. The topological polar surface area (TPSA) is 39.6 Å². The van der Waals surface area contributed by atoms with Gasteiger partial charge >= 0.3 is 0 Å². The van der Waals surface area contributed by atoms with Gasteiger partial charge in [0.2, 0.25) is 0 Å². The van der Waals surface area contributed by atoms with E-state index in [0.29, 0.717) is 0 Å². The van der Waals surface area contributed by atoms with Crippen molar-refractivity contribution in [2.45, 2.75) is 71.6 Å². The van der Waals surface area contributed by atoms with E-state index >= 15 is 0 Å². The molecule has 0 saturated carbocycles. The zero-order valence-electron chi connectivity index (χ0n) is 13.9. The lowest BCUT2D eigenvalue weighted by atomic mass is 10.1. The second-order valence-electron chi connectivity index (χ2n) is 5.87. The molecule has 0 saturated heterocycles. The fourth-order valence-electron chi connectivity index (χ4n) is 2.66. The van der Waals surface area contributed by atoms with E-state index in [1.165, 1.54) is 57.1 Å². The summed E-state index contributed by atoms with van der Waals surface area (Å²) in [6.45, 7) is 6.80. The zero-order valence-corrected chi connectivity index (χ0v) is 13.9. The Morgan fingerprint density at radius 1 is 0.952 bits per heavy atom. The van der Waals surface area contributed by atoms with Crippen LogP contribution in [0.4, 0.5) is 0 Å². The molecule has 0 spiro atoms. The fraction of sp³-hybridized carbons (Fsp3) is 0.722. The number of hydrogen-bond donors (Lipinski definition) is 0. The number of rotatable bonds is 11. The van der Waals surface area contributed by atoms with Crippen LogP contribution in [-0.4, -0.2) is 28.5 Å². The minimum Gasteiger partial charge on any atom is -0.372 e. The van der Waals surface area contributed by atoms with Gasteiger partial charge in [-0.2, -0.15) is 4.79 Å². The summed E-state index contributed by atoms with van der Waals surface area (Å²) in [6, 6.07) is 0. The summed E-state index contributed by atoms with van der Waals surface area (Å²) in [7, 11) is 0. The van der Waals surface area contributed by atoms with Gasteiger partial charge in [-0.3, -0.25) is 0 Å². The summed E-state index contributed by atoms with van der Waals surface area (Å²) < 4.78 is 0. The van der Waals surface area contributed by atoms with Crippen LogP contribution in [0.15, 0.2) is 23.9 Å². The molecule has 118 valence electrons. The Kier molecular flexibility index (Phi) is 9.56. The average Bonchev–Trinajstić information content (AvgIpc) is 2.53. The average molecular weight is 289 g/mol. The molecule has 0 amide bonds. The summed E-state index contributed by atoms with van der Waals surface area (Å²) in [5.74, 6) is 0. The molecule has 1 aliphatic carbocycles. The van der Waals surface area contributed by atoms with Crippen LogP contribution in [0.3, 0.4) is 0 Å². The summed E-state index contributed by atoms with van der Waals surface area (Å²) in [4.78, 5) is 5.79. The Morgan fingerprint density at radius 3 is 2.00 bits per heavy atom. The molecule has 0 aromatic carbocycles. The maximum Gasteiger partial charge on any atom is 0.295 e. The third kappa shape index (κ3) is 7.29. The van der Waals surface area contributed by atoms with Crippen molar-refractivity contribution in [1.82, 2.24) is 4.90 Å². The largest absolute Gasteiger partial charge is 0.372 e. The highest BCUT2D eigenvalue weighted by atomic mass is 15.1. The van der Waals surface area contributed by atoms with Crippen molar-refractivity contribution in [3.8, 4) is 0 Å². The molecule has 0 aromatic rings. The molecule has 0 unspecified atom stereocenters. The zero-order chi connectivity index (χ0) is 15.3. The van der Waals surface area contributed by atoms with Gasteiger partial charge in [-0.15, -0.1) is 0 Å². The smallest absolute Gasteiger partial charge is 0.295 e. The number of nitrogens with zero attached hydrogens (tertiary/aromatic N) is 3. The third-order valence-electron chi connectivity index (χ3n) is 4.02. The summed E-state index contributed by atoms with van der Waals surface area (Å²) >= 11 is 0. The van der Waals surface area contributed by atoms with Crippen molar-refractivity contribution in [1.29, 1.82) is 0 Å². The Morgan fingerprint density at radius 2 is 1.57 bits per heavy atom. The predicted molar refractivity (Wildman–Crippen MR) is 90.3 cm³/mol. The van der Waals surface area contributed by atoms with E-state index in [1.54, 1.807) is 0 Å². The number of hydrogen-bond acceptors (Lipinski definition) is 1. The van der Waals surface area contributed by atoms with E-state index in [4.69, 9.17) is 5.53 Å². The Balaban J connectivity index is 2.48. The summed E-state index contributed by atoms with van der Waals surface area (Å²) in [6.07, 6.45) is 17.4. The minimum absolute atomic E-state index is 0.739. The third-order valence-corrected chi connectivity index (χ3v) is 4.02. The fourth-order valence-corrected chi connectivity index (χ4v) is 2.66. The standard InChI is InChI=1S/C18H31N3/c1-3-5-7-9-15-21(16-10-8-6-4-2)18-13-11-17(20-19)12-14-18/h11,13-14H,3-10,12,15-16H2,1-2H3. The van der Waals surface area contributed by atoms with Crippen molar-refractivity contribution >= 4 is 5.71 Å². The second-order valence-corrected chi connectivity index (χ2v) is 5.87. The molecule has 0 radical (unpaired) electrons. The molecule has 21 heavy (non-hydrogen) atoms. The first-order valence-electron chi connectivity index (χ1n) is 8.66. The molecule has 0 bridgehead atoms. The van der Waals surface area contributed by atoms with E-state index in [9.17, 15) is 0 Å². The molecule has 0 heterocycles. The molecular formula is C18H31N3. The van der Waals surface area contributed by atoms with Crippen LogP contribution in [0.25, 0.3) is 5.53 Å². The quantitative estimate of drug-likeness (QED) is 0.301. The highest BCUT2D eigenvalue weighted by molar-refractivity contribution is 5.92. The van der Waals surface area contributed by atoms with Crippen LogP contribution in [0.2, 0.25) is 0 Å². The maximum absolute atomic E-state index is 8.81. The van der Waals surface area contributed by atoms with Crippen molar-refractivity contribution in [2.75, 3.05) is 13.1 Å². The van der Waals surface area contributed by atoms with Crippen LogP contribution >= 0.6 is 0 Å². The first kappa shape index (κ1) is 17.7. The SMILES string of the molecule is CCCCCCN(CCCCCC)C1=CCC(=[N+]=[N-])C=C1. The Labute approximate surface area is 130 Å². The van der Waals surface area contributed by atoms with Crippen molar-refractivity contribution in [2.24, 2.45) is 0 Å². The van der Waals surface area contributed by atoms with Gasteiger partial charge in [0.25, 0.3) is 5.71 Å². The molecule has 3 nitrogen and oxygen atoms in total. The number of allylic oxidation sites excluding steroid dienone is 3. The van der Waals surface area contributed by atoms with Gasteiger partial charge in [0.1, 0.15) is 0 Å². The van der Waals surface area contributed by atoms with Gasteiger partial charge < -0.3 is 10.4 Å². The molecule has 0 aromatic heterocycles. The van der Waals surface area contributed by atoms with E-state index < -0.39 is 0 Å². The van der Waals surface area contributed by atoms with Gasteiger partial charge in [-0.1, -0.05) is 52.4 Å². The predicted octanol–water partition coefficient (Wildman–Crippen LogP) is 4.96. The first-order valence-corrected chi connectivity index (χ1v) is 8.66. The van der Waals surface area contributed by atoms with Crippen LogP contribution in [0.1, 0.15) is 71.6 Å². The van der Waals surface area contributed by atoms with Crippen LogP contribution in [-0.2, 0) is 0 Å². The highest BCUT2D eigenvalue weighted by Crippen LogP contribution is 2.16. The van der Waals surface area contributed by atoms with Gasteiger partial charge in [0.15, 0.2) is 0 Å². The van der Waals surface area contributed by atoms with Crippen LogP contribution in [0.5, 0.6) is 0 Å². The van der Waals surface area contributed by atoms with Crippen molar-refractivity contribution in [3.05, 3.63) is 29.5 Å². The molecule has 1 rings (SSSR count). The number of unbranched alkanes of at least 4 members (excludes halogenated alkanes) is 6. The van der Waals surface area contributed by atoms with Crippen molar-refractivity contribution in [3.63, 3.8) is 0 Å². The molecule has 0 atom stereocenters. The lowest BCUT2D eigenvalue weighted by Gasteiger charge is -2.27. The van der Waals surface area contributed by atoms with Crippen LogP contribution in [0, 0.1) is 0 Å². The Bertz CT molecular complexity index is 377. The lowest BCUT2D eigenvalue weighted by molar-refractivity contribution is -0.00547. The minimum atomic E-state index is 0.739. The first-order chi connectivity index (χ1) is 10.3. The van der Waals surface area contributed by atoms with Crippen LogP contribution < -0.4 is 0 Å². The molecule has 0 aliphatic heterocycles. The maximum atomic E-state index is 8.81. The van der Waals surface area contributed by atoms with Gasteiger partial charge in [-0.05, 0) is 25.0 Å².